The summed E-state index contributed by atoms with van der Waals surface area (Å²) in [6.45, 7) is -0.142. The number of hydrazone groups is 1. The van der Waals surface area contributed by atoms with Crippen LogP contribution in [0.1, 0.15) is 35.1 Å². The fourth-order valence-electron chi connectivity index (χ4n) is 4.29. The van der Waals surface area contributed by atoms with Crippen LogP contribution in [0.15, 0.2) is 63.9 Å². The van der Waals surface area contributed by atoms with Crippen LogP contribution in [0.4, 0.5) is 0 Å². The maximum atomic E-state index is 13.3. The molecule has 3 aromatic rings. The molecule has 0 saturated heterocycles. The summed E-state index contributed by atoms with van der Waals surface area (Å²) in [6, 6.07) is 13.1. The number of thiophene rings is 2. The molecule has 5 rings (SSSR count). The number of hydrogen-bond donors (Lipinski definition) is 0. The average molecular weight is 503 g/mol. The lowest BCUT2D eigenvalue weighted by Gasteiger charge is -2.28. The van der Waals surface area contributed by atoms with Gasteiger partial charge in [0.2, 0.25) is 0 Å². The summed E-state index contributed by atoms with van der Waals surface area (Å²) in [5.74, 6) is 0.433. The Labute approximate surface area is 204 Å². The molecule has 0 N–H and O–H groups in total. The first kappa shape index (κ1) is 21.7. The van der Waals surface area contributed by atoms with E-state index in [0.717, 1.165) is 29.9 Å². The first-order valence-electron chi connectivity index (χ1n) is 10.4. The molecule has 1 aliphatic heterocycles. The van der Waals surface area contributed by atoms with E-state index in [9.17, 15) is 4.79 Å². The van der Waals surface area contributed by atoms with E-state index in [1.165, 1.54) is 10.5 Å². The number of hydrogen-bond acceptors (Lipinski definition) is 5. The Morgan fingerprint density at radius 1 is 1.19 bits per heavy atom. The molecule has 2 aromatic heterocycles. The van der Waals surface area contributed by atoms with Crippen molar-refractivity contribution in [2.24, 2.45) is 11.0 Å². The topological polar surface area (TPSA) is 41.9 Å². The van der Waals surface area contributed by atoms with E-state index < -0.39 is 0 Å². The van der Waals surface area contributed by atoms with E-state index in [4.69, 9.17) is 33.0 Å². The van der Waals surface area contributed by atoms with Gasteiger partial charge in [-0.3, -0.25) is 4.79 Å². The van der Waals surface area contributed by atoms with E-state index in [0.29, 0.717) is 15.8 Å². The number of ether oxygens (including phenoxy) is 1. The van der Waals surface area contributed by atoms with Gasteiger partial charge in [0, 0.05) is 20.7 Å². The van der Waals surface area contributed by atoms with Crippen molar-refractivity contribution in [3.63, 3.8) is 0 Å². The van der Waals surface area contributed by atoms with Crippen molar-refractivity contribution >= 4 is 63.6 Å². The number of rotatable bonds is 5. The molecule has 1 fully saturated rings. The first-order valence-corrected chi connectivity index (χ1v) is 12.9. The highest BCUT2D eigenvalue weighted by Crippen LogP contribution is 2.45. The van der Waals surface area contributed by atoms with E-state index in [2.05, 4.69) is 29.7 Å². The summed E-state index contributed by atoms with van der Waals surface area (Å²) in [4.78, 5) is 15.6. The van der Waals surface area contributed by atoms with Gasteiger partial charge in [0.05, 0.1) is 16.8 Å². The Morgan fingerprint density at radius 3 is 2.78 bits per heavy atom. The van der Waals surface area contributed by atoms with Crippen LogP contribution in [0.3, 0.4) is 0 Å². The van der Waals surface area contributed by atoms with Gasteiger partial charge in [-0.15, -0.1) is 22.7 Å². The Bertz CT molecular complexity index is 1170. The molecule has 4 nitrogen and oxygen atoms in total. The molecule has 0 spiro atoms. The zero-order valence-corrected chi connectivity index (χ0v) is 20.2. The highest BCUT2D eigenvalue weighted by atomic mass is 35.5. The molecular weight excluding hydrogens is 483 g/mol. The Hall–Kier alpha value is -2.12. The smallest absolute Gasteiger partial charge is 0.281 e. The predicted octanol–water partition coefficient (Wildman–Crippen LogP) is 7.32. The molecule has 1 amide bonds. The largest absolute Gasteiger partial charge is 0.482 e. The number of allylic oxidation sites excluding steroid dienone is 1. The first-order chi connectivity index (χ1) is 15.6. The molecule has 2 aliphatic rings. The van der Waals surface area contributed by atoms with Gasteiger partial charge >= 0.3 is 0 Å². The molecule has 164 valence electrons. The molecule has 0 bridgehead atoms. The van der Waals surface area contributed by atoms with Gasteiger partial charge in [-0.05, 0) is 72.0 Å². The van der Waals surface area contributed by atoms with Crippen LogP contribution in [-0.4, -0.2) is 23.2 Å². The fourth-order valence-corrected chi connectivity index (χ4v) is 6.31. The minimum atomic E-state index is -0.188. The molecule has 32 heavy (non-hydrogen) atoms. The normalized spacial score (nSPS) is 21.5. The Balaban J connectivity index is 1.43. The molecule has 2 atom stereocenters. The van der Waals surface area contributed by atoms with E-state index >= 15 is 0 Å². The average Bonchev–Trinajstić information content (AvgIpc) is 3.53. The quantitative estimate of drug-likeness (QED) is 0.366. The van der Waals surface area contributed by atoms with Gasteiger partial charge in [-0.2, -0.15) is 5.10 Å². The molecule has 1 saturated carbocycles. The summed E-state index contributed by atoms with van der Waals surface area (Å²) in [7, 11) is 0. The third kappa shape index (κ3) is 4.37. The number of fused-ring (bicyclic) bond motifs is 1. The van der Waals surface area contributed by atoms with Crippen molar-refractivity contribution in [1.29, 1.82) is 0 Å². The molecule has 1 aromatic carbocycles. The minimum absolute atomic E-state index is 0.103. The van der Waals surface area contributed by atoms with Crippen LogP contribution in [-0.2, 0) is 4.79 Å². The van der Waals surface area contributed by atoms with Gasteiger partial charge in [-0.1, -0.05) is 35.3 Å². The van der Waals surface area contributed by atoms with Crippen LogP contribution in [0.2, 0.25) is 10.0 Å². The summed E-state index contributed by atoms with van der Waals surface area (Å²) in [5.41, 5.74) is 2.25. The van der Waals surface area contributed by atoms with Crippen molar-refractivity contribution in [3.8, 4) is 5.75 Å². The van der Waals surface area contributed by atoms with Gasteiger partial charge < -0.3 is 4.74 Å². The van der Waals surface area contributed by atoms with Crippen LogP contribution in [0, 0.1) is 5.92 Å². The van der Waals surface area contributed by atoms with E-state index in [-0.39, 0.29) is 24.5 Å². The SMILES string of the molecule is O=C(COc1ccc(Cl)cc1Cl)N1N=C2/C(=C\c3cccs3)CCC[C@H]2[C@@H]1c1cccs1. The van der Waals surface area contributed by atoms with Crippen molar-refractivity contribution in [1.82, 2.24) is 5.01 Å². The summed E-state index contributed by atoms with van der Waals surface area (Å²) >= 11 is 15.5. The lowest BCUT2D eigenvalue weighted by Crippen LogP contribution is -2.34. The molecular formula is C24H20Cl2N2O2S2. The van der Waals surface area contributed by atoms with Gasteiger partial charge in [-0.25, -0.2) is 5.01 Å². The van der Waals surface area contributed by atoms with Crippen LogP contribution in [0.5, 0.6) is 5.75 Å². The number of carbonyl (C=O) groups excluding carboxylic acids is 1. The number of amides is 1. The van der Waals surface area contributed by atoms with Crippen LogP contribution >= 0.6 is 45.9 Å². The van der Waals surface area contributed by atoms with Crippen LogP contribution in [0.25, 0.3) is 6.08 Å². The van der Waals surface area contributed by atoms with Crippen molar-refractivity contribution in [3.05, 3.63) is 78.6 Å². The lowest BCUT2D eigenvalue weighted by molar-refractivity contribution is -0.135. The number of nitrogens with zero attached hydrogens (tertiary/aromatic N) is 2. The van der Waals surface area contributed by atoms with Gasteiger partial charge in [0.15, 0.2) is 6.61 Å². The summed E-state index contributed by atoms with van der Waals surface area (Å²) in [6.07, 6.45) is 5.29. The van der Waals surface area contributed by atoms with Gasteiger partial charge in [0.1, 0.15) is 5.75 Å². The third-order valence-electron chi connectivity index (χ3n) is 5.70. The number of halogens is 2. The molecule has 3 heterocycles. The Morgan fingerprint density at radius 2 is 2.03 bits per heavy atom. The van der Waals surface area contributed by atoms with Crippen LogP contribution < -0.4 is 4.74 Å². The second-order valence-corrected chi connectivity index (χ2v) is 10.5. The molecule has 8 heteroatoms. The molecule has 0 unspecified atom stereocenters. The number of benzene rings is 1. The summed E-state index contributed by atoms with van der Waals surface area (Å²) < 4.78 is 5.74. The second kappa shape index (κ2) is 9.40. The standard InChI is InChI=1S/C24H20Cl2N2O2S2/c25-16-8-9-20(19(26)13-16)30-14-22(29)28-24(21-7-3-11-32-21)18-6-1-4-15(23(18)27-28)12-17-5-2-10-31-17/h2-3,5,7-13,18,24H,1,4,6,14H2/b15-12-/t18-,24-/m1/s1. The zero-order valence-electron chi connectivity index (χ0n) is 17.0. The second-order valence-electron chi connectivity index (χ2n) is 7.73. The van der Waals surface area contributed by atoms with Gasteiger partial charge in [0.25, 0.3) is 5.91 Å². The van der Waals surface area contributed by atoms with E-state index in [1.807, 2.05) is 11.4 Å². The predicted molar refractivity (Wildman–Crippen MR) is 133 cm³/mol. The third-order valence-corrected chi connectivity index (χ3v) is 7.99. The maximum Gasteiger partial charge on any atom is 0.281 e. The Kier molecular flexibility index (Phi) is 6.37. The van der Waals surface area contributed by atoms with Crippen molar-refractivity contribution in [2.75, 3.05) is 6.61 Å². The van der Waals surface area contributed by atoms with Crippen molar-refractivity contribution < 1.29 is 9.53 Å². The summed E-state index contributed by atoms with van der Waals surface area (Å²) in [5, 5.41) is 11.5. The minimum Gasteiger partial charge on any atom is -0.482 e. The molecule has 1 aliphatic carbocycles. The van der Waals surface area contributed by atoms with E-state index in [1.54, 1.807) is 45.9 Å². The fraction of sp³-hybridized carbons (Fsp3) is 0.250. The monoisotopic (exact) mass is 502 g/mol. The zero-order chi connectivity index (χ0) is 22.1. The molecule has 0 radical (unpaired) electrons. The highest BCUT2D eigenvalue weighted by molar-refractivity contribution is 7.11. The maximum absolute atomic E-state index is 13.3. The van der Waals surface area contributed by atoms with Crippen molar-refractivity contribution in [2.45, 2.75) is 25.3 Å². The highest BCUT2D eigenvalue weighted by Gasteiger charge is 2.44. The number of carbonyl (C=O) groups is 1. The lowest BCUT2D eigenvalue weighted by atomic mass is 9.79.